The molecule has 5 nitrogen and oxygen atoms in total. The fraction of sp³-hybridized carbons (Fsp3) is 0.500. The number of carboxylic acid groups (broad SMARTS) is 1. The van der Waals surface area contributed by atoms with Gasteiger partial charge < -0.3 is 15.7 Å². The number of amides is 1. The minimum atomic E-state index is -0.938. The van der Waals surface area contributed by atoms with Gasteiger partial charge in [-0.15, -0.1) is 11.3 Å². The maximum atomic E-state index is 12.0. The number of rotatable bonds is 6. The molecule has 1 rings (SSSR count). The Morgan fingerprint density at radius 1 is 1.56 bits per heavy atom. The Labute approximate surface area is 110 Å². The summed E-state index contributed by atoms with van der Waals surface area (Å²) < 4.78 is 0. The molecule has 100 valence electrons. The molecule has 1 aromatic rings. The quantitative estimate of drug-likeness (QED) is 0.819. The van der Waals surface area contributed by atoms with Gasteiger partial charge in [-0.1, -0.05) is 6.07 Å². The van der Waals surface area contributed by atoms with Gasteiger partial charge in [0.15, 0.2) is 0 Å². The molecule has 0 aliphatic carbocycles. The maximum absolute atomic E-state index is 12.0. The zero-order valence-electron chi connectivity index (χ0n) is 10.5. The lowest BCUT2D eigenvalue weighted by molar-refractivity contribution is -0.137. The topological polar surface area (TPSA) is 83.6 Å². The van der Waals surface area contributed by atoms with E-state index in [2.05, 4.69) is 0 Å². The largest absolute Gasteiger partial charge is 0.481 e. The highest BCUT2D eigenvalue weighted by Crippen LogP contribution is 2.23. The summed E-state index contributed by atoms with van der Waals surface area (Å²) in [6, 6.07) is 3.09. The predicted octanol–water partition coefficient (Wildman–Crippen LogP) is 1.46. The number of thiophene rings is 1. The molecule has 0 radical (unpaired) electrons. The van der Waals surface area contributed by atoms with Gasteiger partial charge in [0.25, 0.3) is 0 Å². The van der Waals surface area contributed by atoms with Crippen LogP contribution in [0.4, 0.5) is 0 Å². The van der Waals surface area contributed by atoms with E-state index in [9.17, 15) is 9.59 Å². The molecule has 1 aromatic heterocycles. The van der Waals surface area contributed by atoms with Crippen LogP contribution in [0.5, 0.6) is 0 Å². The van der Waals surface area contributed by atoms with Crippen molar-refractivity contribution in [1.29, 1.82) is 0 Å². The number of carboxylic acids is 1. The van der Waals surface area contributed by atoms with Gasteiger partial charge in [-0.2, -0.15) is 0 Å². The lowest BCUT2D eigenvalue weighted by Crippen LogP contribution is -2.42. The van der Waals surface area contributed by atoms with Crippen molar-refractivity contribution in [3.8, 4) is 0 Å². The molecule has 3 N–H and O–H groups in total. The molecule has 0 bridgehead atoms. The molecule has 1 heterocycles. The summed E-state index contributed by atoms with van der Waals surface area (Å²) in [6.07, 6.45) is 0.0732. The Balaban J connectivity index is 2.57. The zero-order valence-corrected chi connectivity index (χ0v) is 11.3. The van der Waals surface area contributed by atoms with E-state index in [1.807, 2.05) is 24.4 Å². The van der Waals surface area contributed by atoms with E-state index in [-0.39, 0.29) is 24.8 Å². The molecule has 6 heteroatoms. The summed E-state index contributed by atoms with van der Waals surface area (Å²) in [5.74, 6) is -1.16. The molecule has 0 fully saturated rings. The van der Waals surface area contributed by atoms with Gasteiger partial charge in [-0.3, -0.25) is 9.59 Å². The van der Waals surface area contributed by atoms with Crippen LogP contribution in [0, 0.1) is 0 Å². The van der Waals surface area contributed by atoms with E-state index in [0.29, 0.717) is 0 Å². The van der Waals surface area contributed by atoms with Crippen LogP contribution < -0.4 is 5.73 Å². The van der Waals surface area contributed by atoms with Crippen molar-refractivity contribution in [2.24, 2.45) is 5.73 Å². The fourth-order valence-electron chi connectivity index (χ4n) is 1.57. The van der Waals surface area contributed by atoms with Crippen LogP contribution in [-0.4, -0.2) is 35.0 Å². The number of carbonyl (C=O) groups is 2. The predicted molar refractivity (Wildman–Crippen MR) is 70.3 cm³/mol. The standard InChI is InChI=1S/C12H18N2O3S/c1-8(10-4-3-7-18-10)14(2)12(17)9(13)5-6-11(15)16/h3-4,7-9H,5-6,13H2,1-2H3,(H,15,16). The van der Waals surface area contributed by atoms with Crippen LogP contribution in [0.15, 0.2) is 17.5 Å². The SMILES string of the molecule is CC(c1cccs1)N(C)C(=O)C(N)CCC(=O)O. The highest BCUT2D eigenvalue weighted by Gasteiger charge is 2.23. The normalized spacial score (nSPS) is 13.9. The second kappa shape index (κ2) is 6.51. The molecule has 18 heavy (non-hydrogen) atoms. The van der Waals surface area contributed by atoms with Crippen molar-refractivity contribution in [3.05, 3.63) is 22.4 Å². The third-order valence-electron chi connectivity index (χ3n) is 2.87. The first-order valence-corrected chi connectivity index (χ1v) is 6.59. The lowest BCUT2D eigenvalue weighted by Gasteiger charge is -2.26. The average Bonchev–Trinajstić information content (AvgIpc) is 2.86. The molecule has 0 aliphatic heterocycles. The first-order chi connectivity index (χ1) is 8.43. The van der Waals surface area contributed by atoms with Crippen molar-refractivity contribution < 1.29 is 14.7 Å². The number of likely N-dealkylation sites (N-methyl/N-ethyl adjacent to an activating group) is 1. The van der Waals surface area contributed by atoms with Crippen LogP contribution in [0.2, 0.25) is 0 Å². The molecule has 2 unspecified atom stereocenters. The molecular formula is C12H18N2O3S. The lowest BCUT2D eigenvalue weighted by atomic mass is 10.1. The van der Waals surface area contributed by atoms with E-state index in [1.165, 1.54) is 0 Å². The summed E-state index contributed by atoms with van der Waals surface area (Å²) in [6.45, 7) is 1.92. The van der Waals surface area contributed by atoms with E-state index in [0.717, 1.165) is 4.88 Å². The van der Waals surface area contributed by atoms with E-state index >= 15 is 0 Å². The Kier molecular flexibility index (Phi) is 5.30. The highest BCUT2D eigenvalue weighted by molar-refractivity contribution is 7.10. The van der Waals surface area contributed by atoms with E-state index in [1.54, 1.807) is 23.3 Å². The highest BCUT2D eigenvalue weighted by atomic mass is 32.1. The molecule has 1 amide bonds. The van der Waals surface area contributed by atoms with Crippen molar-refractivity contribution >= 4 is 23.2 Å². The van der Waals surface area contributed by atoms with Gasteiger partial charge >= 0.3 is 5.97 Å². The number of hydrogen-bond acceptors (Lipinski definition) is 4. The first-order valence-electron chi connectivity index (χ1n) is 5.71. The molecule has 0 aromatic carbocycles. The minimum Gasteiger partial charge on any atom is -0.481 e. The van der Waals surface area contributed by atoms with E-state index in [4.69, 9.17) is 10.8 Å². The third kappa shape index (κ3) is 3.82. The number of nitrogens with zero attached hydrogens (tertiary/aromatic N) is 1. The molecule has 0 spiro atoms. The van der Waals surface area contributed by atoms with Crippen molar-refractivity contribution in [3.63, 3.8) is 0 Å². The number of carbonyl (C=O) groups excluding carboxylic acids is 1. The Morgan fingerprint density at radius 2 is 2.22 bits per heavy atom. The minimum absolute atomic E-state index is 0.0478. The van der Waals surface area contributed by atoms with E-state index < -0.39 is 12.0 Å². The number of aliphatic carboxylic acids is 1. The first kappa shape index (κ1) is 14.7. The van der Waals surface area contributed by atoms with Crippen molar-refractivity contribution in [1.82, 2.24) is 4.90 Å². The summed E-state index contributed by atoms with van der Waals surface area (Å²) in [5.41, 5.74) is 5.71. The zero-order chi connectivity index (χ0) is 13.7. The monoisotopic (exact) mass is 270 g/mol. The molecule has 0 saturated heterocycles. The van der Waals surface area contributed by atoms with Gasteiger partial charge in [-0.25, -0.2) is 0 Å². The second-order valence-corrected chi connectivity index (χ2v) is 5.16. The van der Waals surface area contributed by atoms with Crippen molar-refractivity contribution in [2.75, 3.05) is 7.05 Å². The Hall–Kier alpha value is -1.40. The van der Waals surface area contributed by atoms with Gasteiger partial charge in [-0.05, 0) is 24.8 Å². The second-order valence-electron chi connectivity index (χ2n) is 4.18. The van der Waals surface area contributed by atoms with Gasteiger partial charge in [0, 0.05) is 18.3 Å². The van der Waals surface area contributed by atoms with Crippen LogP contribution in [0.25, 0.3) is 0 Å². The third-order valence-corrected chi connectivity index (χ3v) is 3.91. The number of nitrogens with two attached hydrogens (primary N) is 1. The molecule has 0 aliphatic rings. The Morgan fingerprint density at radius 3 is 2.72 bits per heavy atom. The fourth-order valence-corrected chi connectivity index (χ4v) is 2.40. The van der Waals surface area contributed by atoms with Crippen LogP contribution in [-0.2, 0) is 9.59 Å². The molecule has 2 atom stereocenters. The van der Waals surface area contributed by atoms with Crippen LogP contribution in [0.3, 0.4) is 0 Å². The van der Waals surface area contributed by atoms with Gasteiger partial charge in [0.2, 0.25) is 5.91 Å². The molecule has 0 saturated carbocycles. The summed E-state index contributed by atoms with van der Waals surface area (Å²) >= 11 is 1.58. The smallest absolute Gasteiger partial charge is 0.303 e. The summed E-state index contributed by atoms with van der Waals surface area (Å²) in [4.78, 5) is 25.1. The average molecular weight is 270 g/mol. The van der Waals surface area contributed by atoms with Gasteiger partial charge in [0.05, 0.1) is 12.1 Å². The van der Waals surface area contributed by atoms with Crippen LogP contribution >= 0.6 is 11.3 Å². The molecular weight excluding hydrogens is 252 g/mol. The number of hydrogen-bond donors (Lipinski definition) is 2. The Bertz CT molecular complexity index is 405. The maximum Gasteiger partial charge on any atom is 0.303 e. The van der Waals surface area contributed by atoms with Gasteiger partial charge in [0.1, 0.15) is 0 Å². The summed E-state index contributed by atoms with van der Waals surface area (Å²) in [7, 11) is 1.69. The van der Waals surface area contributed by atoms with Crippen molar-refractivity contribution in [2.45, 2.75) is 31.8 Å². The van der Waals surface area contributed by atoms with Crippen LogP contribution in [0.1, 0.15) is 30.7 Å². The summed E-state index contributed by atoms with van der Waals surface area (Å²) in [5, 5.41) is 10.5.